The second-order valence-corrected chi connectivity index (χ2v) is 4.07. The number of anilines is 1. The summed E-state index contributed by atoms with van der Waals surface area (Å²) in [4.78, 5) is 37.6. The van der Waals surface area contributed by atoms with E-state index in [-0.39, 0.29) is 17.8 Å². The van der Waals surface area contributed by atoms with Crippen molar-refractivity contribution in [2.75, 3.05) is 5.32 Å². The van der Waals surface area contributed by atoms with Crippen LogP contribution in [0.1, 0.15) is 10.4 Å². The molecule has 0 bridgehead atoms. The van der Waals surface area contributed by atoms with E-state index in [1.807, 2.05) is 0 Å². The van der Waals surface area contributed by atoms with E-state index in [4.69, 9.17) is 5.11 Å². The van der Waals surface area contributed by atoms with Gasteiger partial charge in [0.05, 0.1) is 11.3 Å². The normalized spacial score (nSPS) is 10.1. The maximum absolute atomic E-state index is 13.0. The van der Waals surface area contributed by atoms with Gasteiger partial charge in [0.25, 0.3) is 0 Å². The summed E-state index contributed by atoms with van der Waals surface area (Å²) in [6, 6.07) is 4.45. The van der Waals surface area contributed by atoms with Crippen LogP contribution in [0.3, 0.4) is 0 Å². The number of carbonyl (C=O) groups is 2. The summed E-state index contributed by atoms with van der Waals surface area (Å²) in [6.07, 6.45) is 2.66. The van der Waals surface area contributed by atoms with Crippen LogP contribution in [-0.2, 0) is 11.3 Å². The minimum Gasteiger partial charge on any atom is -0.478 e. The van der Waals surface area contributed by atoms with Crippen LogP contribution in [0.25, 0.3) is 0 Å². The van der Waals surface area contributed by atoms with Crippen molar-refractivity contribution in [3.8, 4) is 0 Å². The lowest BCUT2D eigenvalue weighted by Crippen LogP contribution is -2.28. The molecule has 1 heterocycles. The first-order valence-electron chi connectivity index (χ1n) is 5.81. The van der Waals surface area contributed by atoms with Gasteiger partial charge in [-0.1, -0.05) is 0 Å². The fraction of sp³-hybridized carbons (Fsp3) is 0.0769. The molecule has 1 amide bonds. The molecule has 0 saturated heterocycles. The highest BCUT2D eigenvalue weighted by Gasteiger charge is 2.14. The SMILES string of the molecule is O=C(Cn1cccnc1=O)Nc1ccc(F)cc1C(=O)O. The Bertz CT molecular complexity index is 757. The molecule has 0 unspecified atom stereocenters. The van der Waals surface area contributed by atoms with Gasteiger partial charge >= 0.3 is 11.7 Å². The average molecular weight is 291 g/mol. The first-order chi connectivity index (χ1) is 9.97. The predicted molar refractivity (Wildman–Crippen MR) is 70.5 cm³/mol. The number of amides is 1. The molecule has 8 heteroatoms. The van der Waals surface area contributed by atoms with E-state index < -0.39 is 23.4 Å². The summed E-state index contributed by atoms with van der Waals surface area (Å²) in [5, 5.41) is 11.3. The molecule has 0 radical (unpaired) electrons. The van der Waals surface area contributed by atoms with Crippen molar-refractivity contribution in [2.45, 2.75) is 6.54 Å². The third-order valence-corrected chi connectivity index (χ3v) is 2.58. The standard InChI is InChI=1S/C13H10FN3O4/c14-8-2-3-10(9(6-8)12(19)20)16-11(18)7-17-5-1-4-15-13(17)21/h1-6H,7H2,(H,16,18)(H,19,20). The number of rotatable bonds is 4. The van der Waals surface area contributed by atoms with Crippen LogP contribution in [0.5, 0.6) is 0 Å². The van der Waals surface area contributed by atoms with Gasteiger partial charge in [-0.3, -0.25) is 9.36 Å². The smallest absolute Gasteiger partial charge is 0.347 e. The van der Waals surface area contributed by atoms with Crippen molar-refractivity contribution >= 4 is 17.6 Å². The Morgan fingerprint density at radius 3 is 2.81 bits per heavy atom. The quantitative estimate of drug-likeness (QED) is 0.864. The summed E-state index contributed by atoms with van der Waals surface area (Å²) in [7, 11) is 0. The van der Waals surface area contributed by atoms with E-state index in [1.165, 1.54) is 18.5 Å². The summed E-state index contributed by atoms with van der Waals surface area (Å²) in [5.74, 6) is -2.73. The third kappa shape index (κ3) is 3.50. The molecular weight excluding hydrogens is 281 g/mol. The Kier molecular flexibility index (Phi) is 4.07. The minimum absolute atomic E-state index is 0.0501. The average Bonchev–Trinajstić information content (AvgIpc) is 2.43. The zero-order valence-electron chi connectivity index (χ0n) is 10.6. The van der Waals surface area contributed by atoms with Gasteiger partial charge in [0, 0.05) is 12.4 Å². The van der Waals surface area contributed by atoms with E-state index in [2.05, 4.69) is 10.3 Å². The van der Waals surface area contributed by atoms with Gasteiger partial charge < -0.3 is 10.4 Å². The minimum atomic E-state index is -1.37. The highest BCUT2D eigenvalue weighted by molar-refractivity contribution is 6.00. The number of carbonyl (C=O) groups excluding carboxylic acids is 1. The van der Waals surface area contributed by atoms with Gasteiger partial charge in [0.2, 0.25) is 5.91 Å². The van der Waals surface area contributed by atoms with Crippen LogP contribution in [-0.4, -0.2) is 26.5 Å². The second-order valence-electron chi connectivity index (χ2n) is 4.07. The van der Waals surface area contributed by atoms with Crippen LogP contribution in [0.15, 0.2) is 41.5 Å². The van der Waals surface area contributed by atoms with Crippen LogP contribution >= 0.6 is 0 Å². The number of hydrogen-bond acceptors (Lipinski definition) is 4. The summed E-state index contributed by atoms with van der Waals surface area (Å²) in [6.45, 7) is -0.330. The zero-order valence-corrected chi connectivity index (χ0v) is 10.6. The van der Waals surface area contributed by atoms with Crippen molar-refractivity contribution in [2.24, 2.45) is 0 Å². The Morgan fingerprint density at radius 2 is 2.14 bits per heavy atom. The molecule has 0 aliphatic heterocycles. The van der Waals surface area contributed by atoms with E-state index in [1.54, 1.807) is 0 Å². The van der Waals surface area contributed by atoms with Crippen molar-refractivity contribution in [3.63, 3.8) is 0 Å². The zero-order chi connectivity index (χ0) is 15.4. The topological polar surface area (TPSA) is 101 Å². The number of nitrogens with one attached hydrogen (secondary N) is 1. The van der Waals surface area contributed by atoms with Gasteiger partial charge in [0.15, 0.2) is 0 Å². The number of aromatic nitrogens is 2. The molecule has 21 heavy (non-hydrogen) atoms. The lowest BCUT2D eigenvalue weighted by molar-refractivity contribution is -0.116. The Labute approximate surface area is 117 Å². The Hall–Kier alpha value is -3.03. The van der Waals surface area contributed by atoms with E-state index in [0.717, 1.165) is 22.8 Å². The van der Waals surface area contributed by atoms with Crippen LogP contribution in [0, 0.1) is 5.82 Å². The first kappa shape index (κ1) is 14.4. The number of halogens is 1. The van der Waals surface area contributed by atoms with Crippen LogP contribution in [0.2, 0.25) is 0 Å². The lowest BCUT2D eigenvalue weighted by Gasteiger charge is -2.09. The number of hydrogen-bond donors (Lipinski definition) is 2. The van der Waals surface area contributed by atoms with E-state index >= 15 is 0 Å². The molecule has 0 spiro atoms. The Morgan fingerprint density at radius 1 is 1.38 bits per heavy atom. The fourth-order valence-electron chi connectivity index (χ4n) is 1.65. The summed E-state index contributed by atoms with van der Waals surface area (Å²) < 4.78 is 14.1. The predicted octanol–water partition coefficient (Wildman–Crippen LogP) is 0.719. The number of nitrogens with zero attached hydrogens (tertiary/aromatic N) is 2. The maximum Gasteiger partial charge on any atom is 0.347 e. The van der Waals surface area contributed by atoms with Gasteiger partial charge in [-0.2, -0.15) is 0 Å². The second kappa shape index (κ2) is 5.95. The molecule has 2 aromatic rings. The number of carboxylic acid groups (broad SMARTS) is 1. The number of carboxylic acids is 1. The number of benzene rings is 1. The van der Waals surface area contributed by atoms with Crippen molar-refractivity contribution < 1.29 is 19.1 Å². The molecule has 1 aromatic carbocycles. The first-order valence-corrected chi connectivity index (χ1v) is 5.81. The van der Waals surface area contributed by atoms with Crippen LogP contribution < -0.4 is 11.0 Å². The van der Waals surface area contributed by atoms with Crippen LogP contribution in [0.4, 0.5) is 10.1 Å². The summed E-state index contributed by atoms with van der Waals surface area (Å²) in [5.41, 5.74) is -1.03. The molecule has 2 rings (SSSR count). The molecule has 7 nitrogen and oxygen atoms in total. The van der Waals surface area contributed by atoms with Gasteiger partial charge in [-0.05, 0) is 24.3 Å². The van der Waals surface area contributed by atoms with Gasteiger partial charge in [-0.25, -0.2) is 19.0 Å². The monoisotopic (exact) mass is 291 g/mol. The Balaban J connectivity index is 2.19. The summed E-state index contributed by atoms with van der Waals surface area (Å²) >= 11 is 0. The molecule has 0 aliphatic carbocycles. The maximum atomic E-state index is 13.0. The van der Waals surface area contributed by atoms with Crippen molar-refractivity contribution in [1.82, 2.24) is 9.55 Å². The molecule has 0 atom stereocenters. The van der Waals surface area contributed by atoms with E-state index in [0.29, 0.717) is 0 Å². The van der Waals surface area contributed by atoms with Gasteiger partial charge in [-0.15, -0.1) is 0 Å². The largest absolute Gasteiger partial charge is 0.478 e. The lowest BCUT2D eigenvalue weighted by atomic mass is 10.1. The van der Waals surface area contributed by atoms with Crippen molar-refractivity contribution in [3.05, 3.63) is 58.5 Å². The number of aromatic carboxylic acids is 1. The van der Waals surface area contributed by atoms with E-state index in [9.17, 15) is 18.8 Å². The van der Waals surface area contributed by atoms with Crippen molar-refractivity contribution in [1.29, 1.82) is 0 Å². The highest BCUT2D eigenvalue weighted by Crippen LogP contribution is 2.17. The molecule has 0 saturated carbocycles. The fourth-order valence-corrected chi connectivity index (χ4v) is 1.65. The molecule has 0 fully saturated rings. The molecule has 108 valence electrons. The molecule has 1 aromatic heterocycles. The van der Waals surface area contributed by atoms with Gasteiger partial charge in [0.1, 0.15) is 12.4 Å². The third-order valence-electron chi connectivity index (χ3n) is 2.58. The highest BCUT2D eigenvalue weighted by atomic mass is 19.1. The molecule has 2 N–H and O–H groups in total. The molecule has 0 aliphatic rings. The molecular formula is C13H10FN3O4.